The monoisotopic (exact) mass is 178 g/mol. The van der Waals surface area contributed by atoms with Crippen molar-refractivity contribution < 1.29 is 4.79 Å². The summed E-state index contributed by atoms with van der Waals surface area (Å²) in [7, 11) is 1.47. The third kappa shape index (κ3) is 3.33. The molecule has 0 aliphatic carbocycles. The molecule has 13 heavy (non-hydrogen) atoms. The molecular formula is C8H10N4O. The summed E-state index contributed by atoms with van der Waals surface area (Å²) in [6, 6.07) is 8.69. The van der Waals surface area contributed by atoms with Gasteiger partial charge in [-0.2, -0.15) is 5.11 Å². The van der Waals surface area contributed by atoms with Gasteiger partial charge in [0.25, 0.3) is 0 Å². The van der Waals surface area contributed by atoms with Crippen LogP contribution >= 0.6 is 0 Å². The van der Waals surface area contributed by atoms with Crippen LogP contribution in [0.1, 0.15) is 0 Å². The molecule has 0 atom stereocenters. The van der Waals surface area contributed by atoms with Gasteiger partial charge in [-0.05, 0) is 12.1 Å². The van der Waals surface area contributed by atoms with E-state index in [1.54, 1.807) is 12.1 Å². The number of carbonyl (C=O) groups is 1. The number of anilines is 1. The van der Waals surface area contributed by atoms with E-state index in [-0.39, 0.29) is 0 Å². The Labute approximate surface area is 75.8 Å². The average Bonchev–Trinajstić information content (AvgIpc) is 2.16. The van der Waals surface area contributed by atoms with Crippen LogP contribution in [0.15, 0.2) is 40.7 Å². The predicted octanol–water partition coefficient (Wildman–Crippen LogP) is 1.81. The first-order valence-corrected chi connectivity index (χ1v) is 3.74. The van der Waals surface area contributed by atoms with Crippen LogP contribution in [0.5, 0.6) is 0 Å². The molecule has 0 saturated heterocycles. The fourth-order valence-corrected chi connectivity index (χ4v) is 0.776. The molecule has 0 aliphatic heterocycles. The van der Waals surface area contributed by atoms with E-state index in [0.717, 1.165) is 0 Å². The van der Waals surface area contributed by atoms with E-state index in [0.29, 0.717) is 5.69 Å². The van der Waals surface area contributed by atoms with Crippen LogP contribution in [0.4, 0.5) is 10.5 Å². The van der Waals surface area contributed by atoms with Gasteiger partial charge in [0.15, 0.2) is 0 Å². The number of hydrogen-bond donors (Lipinski definition) is 2. The summed E-state index contributed by atoms with van der Waals surface area (Å²) < 4.78 is 0. The van der Waals surface area contributed by atoms with E-state index >= 15 is 0 Å². The third-order valence-corrected chi connectivity index (χ3v) is 1.28. The van der Waals surface area contributed by atoms with Gasteiger partial charge in [0.2, 0.25) is 0 Å². The van der Waals surface area contributed by atoms with Crippen LogP contribution in [0.2, 0.25) is 0 Å². The topological polar surface area (TPSA) is 65.8 Å². The van der Waals surface area contributed by atoms with Crippen molar-refractivity contribution in [2.45, 2.75) is 0 Å². The van der Waals surface area contributed by atoms with Gasteiger partial charge in [0.1, 0.15) is 0 Å². The molecule has 1 aromatic rings. The highest BCUT2D eigenvalue weighted by molar-refractivity contribution is 5.88. The number of nitrogens with one attached hydrogen (secondary N) is 2. The Balaban J connectivity index is 2.46. The number of urea groups is 1. The molecule has 0 spiro atoms. The van der Waals surface area contributed by atoms with Crippen LogP contribution in [-0.4, -0.2) is 13.1 Å². The Morgan fingerprint density at radius 3 is 2.62 bits per heavy atom. The molecule has 2 N–H and O–H groups in total. The van der Waals surface area contributed by atoms with Crippen molar-refractivity contribution in [1.82, 2.24) is 5.43 Å². The van der Waals surface area contributed by atoms with E-state index in [4.69, 9.17) is 0 Å². The summed E-state index contributed by atoms with van der Waals surface area (Å²) in [4.78, 5) is 11.0. The zero-order valence-electron chi connectivity index (χ0n) is 7.19. The molecule has 68 valence electrons. The molecule has 0 heterocycles. The number of rotatable bonds is 2. The first-order chi connectivity index (χ1) is 6.33. The quantitative estimate of drug-likeness (QED) is 0.526. The van der Waals surface area contributed by atoms with Crippen LogP contribution in [0, 0.1) is 0 Å². The minimum Gasteiger partial charge on any atom is -0.306 e. The fourth-order valence-electron chi connectivity index (χ4n) is 0.776. The smallest absolute Gasteiger partial charge is 0.306 e. The standard InChI is InChI=1S/C8H10N4O/c1-9-12-11-8(13)10-7-5-3-2-4-6-7/h2-6H,1H3,(H2,9,10,11,13). The number of para-hydroxylation sites is 1. The van der Waals surface area contributed by atoms with Crippen LogP contribution in [0.3, 0.4) is 0 Å². The molecule has 1 rings (SSSR count). The summed E-state index contributed by atoms with van der Waals surface area (Å²) >= 11 is 0. The second kappa shape index (κ2) is 4.87. The Morgan fingerprint density at radius 2 is 2.00 bits per heavy atom. The second-order valence-corrected chi connectivity index (χ2v) is 2.23. The lowest BCUT2D eigenvalue weighted by Crippen LogP contribution is -2.23. The van der Waals surface area contributed by atoms with Crippen molar-refractivity contribution in [1.29, 1.82) is 0 Å². The summed E-state index contributed by atoms with van der Waals surface area (Å²) in [5.74, 6) is 0. The predicted molar refractivity (Wildman–Crippen MR) is 49.4 cm³/mol. The molecule has 0 saturated carbocycles. The highest BCUT2D eigenvalue weighted by atomic mass is 16.2. The maximum absolute atomic E-state index is 11.0. The Bertz CT molecular complexity index is 296. The summed E-state index contributed by atoms with van der Waals surface area (Å²) in [5, 5.41) is 9.27. The first-order valence-electron chi connectivity index (χ1n) is 3.74. The minimum atomic E-state index is -0.406. The lowest BCUT2D eigenvalue weighted by molar-refractivity contribution is 0.252. The number of nitrogens with zero attached hydrogens (tertiary/aromatic N) is 2. The zero-order valence-corrected chi connectivity index (χ0v) is 7.19. The Kier molecular flexibility index (Phi) is 3.44. The highest BCUT2D eigenvalue weighted by Crippen LogP contribution is 2.03. The summed E-state index contributed by atoms with van der Waals surface area (Å²) in [5.41, 5.74) is 2.90. The summed E-state index contributed by atoms with van der Waals surface area (Å²) in [6.45, 7) is 0. The lowest BCUT2D eigenvalue weighted by Gasteiger charge is -2.01. The molecule has 0 fully saturated rings. The van der Waals surface area contributed by atoms with Crippen molar-refractivity contribution >= 4 is 11.7 Å². The van der Waals surface area contributed by atoms with Gasteiger partial charge in [-0.25, -0.2) is 10.2 Å². The number of carbonyl (C=O) groups excluding carboxylic acids is 1. The Morgan fingerprint density at radius 1 is 1.31 bits per heavy atom. The normalized spacial score (nSPS) is 9.92. The first kappa shape index (κ1) is 9.18. The molecule has 0 aliphatic rings. The van der Waals surface area contributed by atoms with Crippen molar-refractivity contribution in [3.8, 4) is 0 Å². The van der Waals surface area contributed by atoms with E-state index in [1.807, 2.05) is 18.2 Å². The molecule has 2 amide bonds. The maximum Gasteiger partial charge on any atom is 0.340 e. The minimum absolute atomic E-state index is 0.406. The SMILES string of the molecule is C/N=N/NC(=O)Nc1ccccc1. The number of hydrogen-bond acceptors (Lipinski definition) is 3. The molecule has 0 radical (unpaired) electrons. The molecular weight excluding hydrogens is 168 g/mol. The van der Waals surface area contributed by atoms with Gasteiger partial charge in [-0.1, -0.05) is 23.4 Å². The van der Waals surface area contributed by atoms with E-state index in [2.05, 4.69) is 21.1 Å². The summed E-state index contributed by atoms with van der Waals surface area (Å²) in [6.07, 6.45) is 0. The molecule has 5 heteroatoms. The van der Waals surface area contributed by atoms with Gasteiger partial charge in [0, 0.05) is 5.69 Å². The van der Waals surface area contributed by atoms with Crippen molar-refractivity contribution in [3.05, 3.63) is 30.3 Å². The van der Waals surface area contributed by atoms with Crippen LogP contribution < -0.4 is 10.7 Å². The average molecular weight is 178 g/mol. The van der Waals surface area contributed by atoms with Gasteiger partial charge < -0.3 is 5.32 Å². The molecule has 1 aromatic carbocycles. The van der Waals surface area contributed by atoms with Crippen molar-refractivity contribution in [2.24, 2.45) is 10.3 Å². The number of benzene rings is 1. The van der Waals surface area contributed by atoms with E-state index in [1.165, 1.54) is 7.05 Å². The second-order valence-electron chi connectivity index (χ2n) is 2.23. The van der Waals surface area contributed by atoms with Gasteiger partial charge in [-0.15, -0.1) is 0 Å². The Hall–Kier alpha value is -1.91. The molecule has 0 bridgehead atoms. The van der Waals surface area contributed by atoms with Gasteiger partial charge >= 0.3 is 6.03 Å². The molecule has 0 aromatic heterocycles. The molecule has 0 unspecified atom stereocenters. The van der Waals surface area contributed by atoms with E-state index < -0.39 is 6.03 Å². The zero-order chi connectivity index (χ0) is 9.52. The molecule has 5 nitrogen and oxygen atoms in total. The van der Waals surface area contributed by atoms with Gasteiger partial charge in [-0.3, -0.25) is 0 Å². The van der Waals surface area contributed by atoms with Crippen molar-refractivity contribution in [2.75, 3.05) is 12.4 Å². The van der Waals surface area contributed by atoms with Crippen LogP contribution in [0.25, 0.3) is 0 Å². The third-order valence-electron chi connectivity index (χ3n) is 1.28. The van der Waals surface area contributed by atoms with Gasteiger partial charge in [0.05, 0.1) is 7.05 Å². The van der Waals surface area contributed by atoms with E-state index in [9.17, 15) is 4.79 Å². The lowest BCUT2D eigenvalue weighted by atomic mass is 10.3. The maximum atomic E-state index is 11.0. The largest absolute Gasteiger partial charge is 0.340 e. The van der Waals surface area contributed by atoms with Crippen molar-refractivity contribution in [3.63, 3.8) is 0 Å². The fraction of sp³-hybridized carbons (Fsp3) is 0.125. The van der Waals surface area contributed by atoms with Crippen LogP contribution in [-0.2, 0) is 0 Å². The number of amides is 2. The highest BCUT2D eigenvalue weighted by Gasteiger charge is 1.97.